The highest BCUT2D eigenvalue weighted by Crippen LogP contribution is 2.43. The zero-order chi connectivity index (χ0) is 26.6. The summed E-state index contributed by atoms with van der Waals surface area (Å²) in [6.07, 6.45) is 7.70. The molecule has 4 rings (SSSR count). The molecular weight excluding hydrogens is 488 g/mol. The Bertz CT molecular complexity index is 1370. The van der Waals surface area contributed by atoms with Crippen molar-refractivity contribution in [1.29, 1.82) is 0 Å². The number of pyridine rings is 2. The normalized spacial score (nSPS) is 13.2. The van der Waals surface area contributed by atoms with Crippen LogP contribution in [0.25, 0.3) is 5.70 Å². The molecule has 1 fully saturated rings. The molecule has 0 amide bonds. The van der Waals surface area contributed by atoms with Gasteiger partial charge in [-0.2, -0.15) is 0 Å². The summed E-state index contributed by atoms with van der Waals surface area (Å²) in [4.78, 5) is 8.86. The molecule has 0 aliphatic heterocycles. The van der Waals surface area contributed by atoms with Crippen LogP contribution in [-0.4, -0.2) is 43.3 Å². The number of rotatable bonds is 12. The third kappa shape index (κ3) is 6.58. The topological polar surface area (TPSA) is 119 Å². The van der Waals surface area contributed by atoms with Crippen molar-refractivity contribution >= 4 is 44.4 Å². The Morgan fingerprint density at radius 1 is 1.08 bits per heavy atom. The molecule has 3 aromatic rings. The smallest absolute Gasteiger partial charge is 0.232 e. The molecule has 0 bridgehead atoms. The number of aromatic nitrogens is 2. The van der Waals surface area contributed by atoms with Crippen LogP contribution in [0.3, 0.4) is 0 Å². The second-order valence-corrected chi connectivity index (χ2v) is 11.3. The predicted molar refractivity (Wildman–Crippen MR) is 150 cm³/mol. The molecule has 2 heterocycles. The van der Waals surface area contributed by atoms with Gasteiger partial charge in [-0.1, -0.05) is 25.6 Å². The van der Waals surface area contributed by atoms with Crippen molar-refractivity contribution in [1.82, 2.24) is 15.3 Å². The molecule has 0 saturated heterocycles. The highest BCUT2D eigenvalue weighted by atomic mass is 32.2. The van der Waals surface area contributed by atoms with Crippen molar-refractivity contribution in [3.8, 4) is 0 Å². The Balaban J connectivity index is 1.72. The zero-order valence-corrected chi connectivity index (χ0v) is 22.3. The summed E-state index contributed by atoms with van der Waals surface area (Å²) < 4.78 is 26.2. The molecule has 196 valence electrons. The second-order valence-electron chi connectivity index (χ2n) is 9.26. The molecule has 37 heavy (non-hydrogen) atoms. The lowest BCUT2D eigenvalue weighted by Crippen LogP contribution is -2.25. The van der Waals surface area contributed by atoms with Gasteiger partial charge in [0.2, 0.25) is 10.0 Å². The van der Waals surface area contributed by atoms with Crippen molar-refractivity contribution in [3.05, 3.63) is 72.1 Å². The fourth-order valence-electron chi connectivity index (χ4n) is 3.87. The first-order valence-corrected chi connectivity index (χ1v) is 14.1. The van der Waals surface area contributed by atoms with E-state index >= 15 is 0 Å². The Morgan fingerprint density at radius 3 is 2.46 bits per heavy atom. The summed E-state index contributed by atoms with van der Waals surface area (Å²) >= 11 is 0. The van der Waals surface area contributed by atoms with E-state index in [1.54, 1.807) is 31.6 Å². The number of anilines is 5. The van der Waals surface area contributed by atoms with E-state index in [-0.39, 0.29) is 6.61 Å². The second kappa shape index (κ2) is 11.2. The maximum Gasteiger partial charge on any atom is 0.232 e. The zero-order valence-electron chi connectivity index (χ0n) is 21.5. The summed E-state index contributed by atoms with van der Waals surface area (Å²) in [5, 5.41) is 19.2. The highest BCUT2D eigenvalue weighted by molar-refractivity contribution is 7.92. The molecule has 10 heteroatoms. The number of aliphatic hydroxyl groups excluding tert-OH is 1. The third-order valence-corrected chi connectivity index (χ3v) is 7.45. The van der Waals surface area contributed by atoms with Crippen LogP contribution >= 0.6 is 0 Å². The van der Waals surface area contributed by atoms with Crippen LogP contribution < -0.4 is 20.3 Å². The summed E-state index contributed by atoms with van der Waals surface area (Å²) in [6.45, 7) is 6.95. The molecular formula is C27H34N6O3S. The predicted octanol–water partition coefficient (Wildman–Crippen LogP) is 4.70. The number of aliphatic hydroxyl groups is 1. The first-order chi connectivity index (χ1) is 17.7. The minimum Gasteiger partial charge on any atom is -0.392 e. The summed E-state index contributed by atoms with van der Waals surface area (Å²) in [5.74, 6) is 1.61. The first-order valence-electron chi connectivity index (χ1n) is 12.3. The van der Waals surface area contributed by atoms with E-state index in [0.29, 0.717) is 45.9 Å². The van der Waals surface area contributed by atoms with Crippen molar-refractivity contribution in [2.75, 3.05) is 34.8 Å². The average molecular weight is 523 g/mol. The van der Waals surface area contributed by atoms with Gasteiger partial charge < -0.3 is 21.1 Å². The van der Waals surface area contributed by atoms with Gasteiger partial charge in [0.15, 0.2) is 0 Å². The SMILES string of the molecule is C=C(NCCC)c1cnc(Nc2ccc(CO)cn2)cc1Nc1ccc(C2CC2)cc1N(C)S(C)(=O)=O. The minimum atomic E-state index is -3.47. The fourth-order valence-corrected chi connectivity index (χ4v) is 4.38. The fraction of sp³-hybridized carbons (Fsp3) is 0.333. The van der Waals surface area contributed by atoms with Crippen molar-refractivity contribution < 1.29 is 13.5 Å². The highest BCUT2D eigenvalue weighted by Gasteiger charge is 2.26. The number of benzene rings is 1. The molecule has 9 nitrogen and oxygen atoms in total. The van der Waals surface area contributed by atoms with Crippen LogP contribution in [0.2, 0.25) is 0 Å². The summed E-state index contributed by atoms with van der Waals surface area (Å²) in [6, 6.07) is 11.3. The van der Waals surface area contributed by atoms with Crippen LogP contribution in [-0.2, 0) is 16.6 Å². The molecule has 1 aliphatic rings. The van der Waals surface area contributed by atoms with Crippen molar-refractivity contribution in [2.45, 2.75) is 38.7 Å². The Hall–Kier alpha value is -3.63. The Labute approximate surface area is 218 Å². The van der Waals surface area contributed by atoms with E-state index in [2.05, 4.69) is 45.5 Å². The monoisotopic (exact) mass is 522 g/mol. The molecule has 1 saturated carbocycles. The van der Waals surface area contributed by atoms with Gasteiger partial charge in [-0.05, 0) is 54.5 Å². The quantitative estimate of drug-likeness (QED) is 0.270. The molecule has 1 aliphatic carbocycles. The van der Waals surface area contributed by atoms with Gasteiger partial charge in [0, 0.05) is 43.3 Å². The van der Waals surface area contributed by atoms with E-state index in [1.807, 2.05) is 18.2 Å². The van der Waals surface area contributed by atoms with E-state index in [4.69, 9.17) is 0 Å². The van der Waals surface area contributed by atoms with E-state index in [9.17, 15) is 13.5 Å². The standard InChI is InChI=1S/C27H34N6O3S/c1-5-12-28-18(2)22-16-30-27(32-26-11-6-19(17-34)15-29-26)14-24(22)31-23-10-9-21(20-7-8-20)13-25(23)33(3)37(4,35)36/h6,9-11,13-16,20,28,34H,2,5,7-8,12,17H2,1,3-4H3,(H2,29,30,31,32). The maximum atomic E-state index is 12.5. The largest absolute Gasteiger partial charge is 0.392 e. The molecule has 0 spiro atoms. The summed E-state index contributed by atoms with van der Waals surface area (Å²) in [5.41, 5.74) is 5.28. The lowest BCUT2D eigenvalue weighted by Gasteiger charge is -2.23. The van der Waals surface area contributed by atoms with Gasteiger partial charge >= 0.3 is 0 Å². The van der Waals surface area contributed by atoms with Gasteiger partial charge in [-0.15, -0.1) is 0 Å². The number of hydrogen-bond donors (Lipinski definition) is 4. The molecule has 1 aromatic carbocycles. The Morgan fingerprint density at radius 2 is 1.84 bits per heavy atom. The molecule has 0 radical (unpaired) electrons. The van der Waals surface area contributed by atoms with Crippen LogP contribution in [0.5, 0.6) is 0 Å². The third-order valence-electron chi connectivity index (χ3n) is 6.26. The summed E-state index contributed by atoms with van der Waals surface area (Å²) in [7, 11) is -1.91. The molecule has 0 atom stereocenters. The van der Waals surface area contributed by atoms with Gasteiger partial charge in [-0.3, -0.25) is 4.31 Å². The van der Waals surface area contributed by atoms with Crippen molar-refractivity contribution in [2.24, 2.45) is 0 Å². The lowest BCUT2D eigenvalue weighted by molar-refractivity contribution is 0.281. The number of nitrogens with zero attached hydrogens (tertiary/aromatic N) is 3. The first kappa shape index (κ1) is 26.4. The molecule has 2 aromatic heterocycles. The lowest BCUT2D eigenvalue weighted by atomic mass is 10.1. The van der Waals surface area contributed by atoms with Crippen molar-refractivity contribution in [3.63, 3.8) is 0 Å². The molecule has 4 N–H and O–H groups in total. The van der Waals surface area contributed by atoms with Gasteiger partial charge in [0.1, 0.15) is 11.6 Å². The number of sulfonamides is 1. The van der Waals surface area contributed by atoms with Gasteiger partial charge in [0.05, 0.1) is 29.9 Å². The van der Waals surface area contributed by atoms with Crippen LogP contribution in [0.4, 0.5) is 28.7 Å². The average Bonchev–Trinajstić information content (AvgIpc) is 3.73. The number of hydrogen-bond acceptors (Lipinski definition) is 8. The number of nitrogens with one attached hydrogen (secondary N) is 3. The molecule has 0 unspecified atom stereocenters. The van der Waals surface area contributed by atoms with Crippen LogP contribution in [0.1, 0.15) is 48.8 Å². The van der Waals surface area contributed by atoms with Crippen LogP contribution in [0, 0.1) is 0 Å². The minimum absolute atomic E-state index is 0.0784. The van der Waals surface area contributed by atoms with Crippen LogP contribution in [0.15, 0.2) is 55.4 Å². The van der Waals surface area contributed by atoms with E-state index in [1.165, 1.54) is 10.6 Å². The van der Waals surface area contributed by atoms with E-state index < -0.39 is 10.0 Å². The van der Waals surface area contributed by atoms with E-state index in [0.717, 1.165) is 36.9 Å². The van der Waals surface area contributed by atoms with Gasteiger partial charge in [-0.25, -0.2) is 18.4 Å². The Kier molecular flexibility index (Phi) is 7.99. The van der Waals surface area contributed by atoms with Gasteiger partial charge in [0.25, 0.3) is 0 Å². The maximum absolute atomic E-state index is 12.5.